The van der Waals surface area contributed by atoms with Crippen LogP contribution in [0.1, 0.15) is 58.9 Å². The largest absolute Gasteiger partial charge is 0.396 e. The number of benzene rings is 2. The van der Waals surface area contributed by atoms with Gasteiger partial charge in [-0.1, -0.05) is 38.1 Å². The molecule has 0 amide bonds. The highest BCUT2D eigenvalue weighted by Gasteiger charge is 2.11. The van der Waals surface area contributed by atoms with Gasteiger partial charge >= 0.3 is 0 Å². The number of aromatic nitrogens is 4. The lowest BCUT2D eigenvalue weighted by molar-refractivity contribution is 0.645. The Balaban J connectivity index is 0.000000201. The number of anilines is 2. The highest BCUT2D eigenvalue weighted by Crippen LogP contribution is 2.19. The van der Waals surface area contributed by atoms with Crippen LogP contribution in [0, 0.1) is 36.5 Å². The monoisotopic (exact) mass is 480 g/mol. The van der Waals surface area contributed by atoms with E-state index >= 15 is 0 Å². The molecule has 0 unspecified atom stereocenters. The van der Waals surface area contributed by atoms with Crippen LogP contribution >= 0.6 is 0 Å². The van der Waals surface area contributed by atoms with Gasteiger partial charge in [0.05, 0.1) is 70.5 Å². The van der Waals surface area contributed by atoms with E-state index in [0.29, 0.717) is 24.2 Å². The average molecular weight is 481 g/mol. The first-order valence-electron chi connectivity index (χ1n) is 11.9. The minimum absolute atomic E-state index is 0.671. The lowest BCUT2D eigenvalue weighted by Gasteiger charge is -2.06. The van der Waals surface area contributed by atoms with Crippen LogP contribution < -0.4 is 11.5 Å². The van der Waals surface area contributed by atoms with Gasteiger partial charge in [-0.3, -0.25) is 9.36 Å². The van der Waals surface area contributed by atoms with Gasteiger partial charge < -0.3 is 11.5 Å². The second-order valence-corrected chi connectivity index (χ2v) is 8.53. The van der Waals surface area contributed by atoms with Crippen LogP contribution in [0.4, 0.5) is 11.4 Å². The van der Waals surface area contributed by atoms with Gasteiger partial charge in [-0.2, -0.15) is 20.7 Å². The van der Waals surface area contributed by atoms with Gasteiger partial charge in [-0.25, -0.2) is 0 Å². The third kappa shape index (κ3) is 5.92. The van der Waals surface area contributed by atoms with E-state index in [4.69, 9.17) is 22.0 Å². The molecule has 8 heteroatoms. The van der Waals surface area contributed by atoms with Crippen molar-refractivity contribution in [2.45, 2.75) is 53.6 Å². The van der Waals surface area contributed by atoms with Crippen LogP contribution in [0.15, 0.2) is 48.5 Å². The molecule has 36 heavy (non-hydrogen) atoms. The maximum Gasteiger partial charge on any atom is 0.0991 e. The summed E-state index contributed by atoms with van der Waals surface area (Å²) >= 11 is 0. The first-order chi connectivity index (χ1) is 17.3. The zero-order valence-electron chi connectivity index (χ0n) is 21.3. The summed E-state index contributed by atoms with van der Waals surface area (Å²) in [6.07, 6.45) is 1.70. The average Bonchev–Trinajstić information content (AvgIpc) is 3.33. The molecule has 0 fully saturated rings. The number of nitrogens with two attached hydrogens (primary N) is 2. The number of hydrogen-bond acceptors (Lipinski definition) is 6. The molecule has 0 radical (unpaired) electrons. The minimum Gasteiger partial charge on any atom is -0.396 e. The molecule has 8 nitrogen and oxygen atoms in total. The molecule has 0 aliphatic heterocycles. The van der Waals surface area contributed by atoms with Gasteiger partial charge in [-0.05, 0) is 62.1 Å². The van der Waals surface area contributed by atoms with E-state index in [1.807, 2.05) is 78.7 Å². The van der Waals surface area contributed by atoms with Crippen LogP contribution in [0.3, 0.4) is 0 Å². The topological polar surface area (TPSA) is 135 Å². The van der Waals surface area contributed by atoms with E-state index in [-0.39, 0.29) is 0 Å². The molecule has 2 aromatic heterocycles. The number of hydrogen-bond donors (Lipinski definition) is 2. The molecule has 0 aliphatic rings. The van der Waals surface area contributed by atoms with Gasteiger partial charge in [0.25, 0.3) is 0 Å². The fourth-order valence-corrected chi connectivity index (χ4v) is 3.90. The Morgan fingerprint density at radius 2 is 1.22 bits per heavy atom. The Kier molecular flexibility index (Phi) is 8.48. The summed E-state index contributed by atoms with van der Waals surface area (Å²) in [5, 5.41) is 26.4. The fraction of sp³-hybridized carbons (Fsp3) is 0.286. The first-order valence-corrected chi connectivity index (χ1v) is 11.9. The van der Waals surface area contributed by atoms with Crippen LogP contribution in [-0.2, 0) is 25.9 Å². The standard InChI is InChI=1S/2C14H16N4/c1-3-13-14(16)10(2)18(17-13)9-12-6-4-11(8-15)5-7-12;1-3-13-14(16)10(2)17-18(13)9-12-6-4-11(8-15)5-7-12/h2*4-7H,3,9,16H2,1-2H3. The normalized spacial score (nSPS) is 10.3. The molecule has 0 aliphatic carbocycles. The Morgan fingerprint density at radius 3 is 1.64 bits per heavy atom. The summed E-state index contributed by atoms with van der Waals surface area (Å²) in [6.45, 7) is 9.38. The molecular formula is C28H32N8. The molecular weight excluding hydrogens is 448 g/mol. The lowest BCUT2D eigenvalue weighted by Crippen LogP contribution is -2.06. The molecule has 0 spiro atoms. The number of nitriles is 2. The van der Waals surface area contributed by atoms with Crippen molar-refractivity contribution in [3.63, 3.8) is 0 Å². The SMILES string of the molecule is CCc1c(N)c(C)nn1Cc1ccc(C#N)cc1.CCc1nn(Cc2ccc(C#N)cc2)c(C)c1N. The summed E-state index contributed by atoms with van der Waals surface area (Å²) in [4.78, 5) is 0. The molecule has 0 atom stereocenters. The minimum atomic E-state index is 0.671. The van der Waals surface area contributed by atoms with Crippen molar-refractivity contribution in [1.29, 1.82) is 10.5 Å². The van der Waals surface area contributed by atoms with Crippen molar-refractivity contribution in [3.8, 4) is 12.1 Å². The second kappa shape index (κ2) is 11.7. The summed E-state index contributed by atoms with van der Waals surface area (Å²) in [7, 11) is 0. The lowest BCUT2D eigenvalue weighted by atomic mass is 10.1. The molecule has 0 saturated carbocycles. The van der Waals surface area contributed by atoms with E-state index in [2.05, 4.69) is 29.3 Å². The van der Waals surface area contributed by atoms with E-state index in [1.165, 1.54) is 0 Å². The zero-order valence-corrected chi connectivity index (χ0v) is 21.3. The Labute approximate surface area is 212 Å². The summed E-state index contributed by atoms with van der Waals surface area (Å²) in [6, 6.07) is 19.3. The number of rotatable bonds is 6. The predicted molar refractivity (Wildman–Crippen MR) is 142 cm³/mol. The van der Waals surface area contributed by atoms with Gasteiger partial charge in [0.15, 0.2) is 0 Å². The van der Waals surface area contributed by atoms with Crippen molar-refractivity contribution < 1.29 is 0 Å². The number of nitrogens with zero attached hydrogens (tertiary/aromatic N) is 6. The van der Waals surface area contributed by atoms with Gasteiger partial charge in [0.1, 0.15) is 0 Å². The molecule has 4 aromatic rings. The van der Waals surface area contributed by atoms with Gasteiger partial charge in [-0.15, -0.1) is 0 Å². The van der Waals surface area contributed by atoms with Crippen molar-refractivity contribution in [2.75, 3.05) is 11.5 Å². The van der Waals surface area contributed by atoms with E-state index in [9.17, 15) is 0 Å². The van der Waals surface area contributed by atoms with Crippen LogP contribution in [0.25, 0.3) is 0 Å². The Bertz CT molecular complexity index is 1390. The van der Waals surface area contributed by atoms with Crippen molar-refractivity contribution in [1.82, 2.24) is 19.6 Å². The summed E-state index contributed by atoms with van der Waals surface area (Å²) in [5.74, 6) is 0. The molecule has 2 heterocycles. The third-order valence-corrected chi connectivity index (χ3v) is 6.11. The van der Waals surface area contributed by atoms with E-state index in [1.54, 1.807) is 0 Å². The smallest absolute Gasteiger partial charge is 0.0991 e. The Hall–Kier alpha value is -4.56. The zero-order chi connectivity index (χ0) is 26.2. The first kappa shape index (κ1) is 26.1. The van der Waals surface area contributed by atoms with Crippen molar-refractivity contribution >= 4 is 11.4 Å². The molecule has 0 bridgehead atoms. The third-order valence-electron chi connectivity index (χ3n) is 6.11. The second-order valence-electron chi connectivity index (χ2n) is 8.53. The quantitative estimate of drug-likeness (QED) is 0.417. The van der Waals surface area contributed by atoms with E-state index < -0.39 is 0 Å². The summed E-state index contributed by atoms with van der Waals surface area (Å²) in [5.41, 5.74) is 21.0. The maximum atomic E-state index is 8.76. The van der Waals surface area contributed by atoms with Gasteiger partial charge in [0, 0.05) is 0 Å². The highest BCUT2D eigenvalue weighted by molar-refractivity contribution is 5.48. The van der Waals surface area contributed by atoms with E-state index in [0.717, 1.165) is 58.1 Å². The van der Waals surface area contributed by atoms with Crippen LogP contribution in [0.2, 0.25) is 0 Å². The fourth-order valence-electron chi connectivity index (χ4n) is 3.90. The molecule has 184 valence electrons. The van der Waals surface area contributed by atoms with Crippen LogP contribution in [-0.4, -0.2) is 19.6 Å². The molecule has 4 rings (SSSR count). The summed E-state index contributed by atoms with van der Waals surface area (Å²) < 4.78 is 3.85. The number of aryl methyl sites for hydroxylation is 2. The van der Waals surface area contributed by atoms with Crippen molar-refractivity contribution in [3.05, 3.63) is 93.6 Å². The Morgan fingerprint density at radius 1 is 0.722 bits per heavy atom. The van der Waals surface area contributed by atoms with Crippen molar-refractivity contribution in [2.24, 2.45) is 0 Å². The molecule has 0 saturated heterocycles. The number of nitrogen functional groups attached to an aromatic ring is 2. The van der Waals surface area contributed by atoms with Gasteiger partial charge in [0.2, 0.25) is 0 Å². The highest BCUT2D eigenvalue weighted by atomic mass is 15.3. The molecule has 2 aromatic carbocycles. The predicted octanol–water partition coefficient (Wildman–Crippen LogP) is 4.51. The molecule has 4 N–H and O–H groups in total. The van der Waals surface area contributed by atoms with Crippen LogP contribution in [0.5, 0.6) is 0 Å². The maximum absolute atomic E-state index is 8.76.